The molecular weight excluding hydrogens is 532 g/mol. The Morgan fingerprint density at radius 3 is 2.46 bits per heavy atom. The Kier molecular flexibility index (Phi) is 6.94. The zero-order chi connectivity index (χ0) is 28.7. The summed E-state index contributed by atoms with van der Waals surface area (Å²) in [5, 5.41) is 15.1. The first-order valence-electron chi connectivity index (χ1n) is 13.7. The van der Waals surface area contributed by atoms with Gasteiger partial charge in [0.05, 0.1) is 22.4 Å². The number of nitriles is 1. The number of thiol groups is 1. The molecule has 2 aliphatic carbocycles. The van der Waals surface area contributed by atoms with Crippen LogP contribution in [-0.4, -0.2) is 24.0 Å². The van der Waals surface area contributed by atoms with Gasteiger partial charge in [0.1, 0.15) is 6.07 Å². The zero-order valence-corrected chi connectivity index (χ0v) is 23.8. The molecule has 4 aromatic rings. The van der Waals surface area contributed by atoms with Crippen molar-refractivity contribution in [1.82, 2.24) is 14.5 Å². The number of rotatable bonds is 6. The van der Waals surface area contributed by atoms with Crippen molar-refractivity contribution in [3.63, 3.8) is 0 Å². The number of hydrogen-bond acceptors (Lipinski definition) is 5. The van der Waals surface area contributed by atoms with Crippen LogP contribution in [0, 0.1) is 23.2 Å². The van der Waals surface area contributed by atoms with Crippen LogP contribution in [0.5, 0.6) is 0 Å². The number of carbonyl (C=O) groups excluding carboxylic acids is 1. The fourth-order valence-corrected chi connectivity index (χ4v) is 7.11. The Labute approximate surface area is 241 Å². The summed E-state index contributed by atoms with van der Waals surface area (Å²) in [6.45, 7) is 2.21. The van der Waals surface area contributed by atoms with E-state index in [1.165, 1.54) is 0 Å². The van der Waals surface area contributed by atoms with Crippen LogP contribution in [-0.2, 0) is 41.1 Å². The molecule has 0 bridgehead atoms. The van der Waals surface area contributed by atoms with Crippen molar-refractivity contribution in [3.8, 4) is 28.5 Å². The maximum absolute atomic E-state index is 13.1. The van der Waals surface area contributed by atoms with E-state index in [9.17, 15) is 18.5 Å². The topological polar surface area (TPSA) is 105 Å². The fourth-order valence-electron chi connectivity index (χ4n) is 6.80. The van der Waals surface area contributed by atoms with E-state index in [-0.39, 0.29) is 29.7 Å². The third-order valence-corrected chi connectivity index (χ3v) is 9.11. The monoisotopic (exact) mass is 562 g/mol. The van der Waals surface area contributed by atoms with Gasteiger partial charge < -0.3 is 0 Å². The van der Waals surface area contributed by atoms with E-state index in [2.05, 4.69) is 41.1 Å². The first kappa shape index (κ1) is 26.9. The predicted molar refractivity (Wildman–Crippen MR) is 158 cm³/mol. The number of hydrogen-bond donors (Lipinski definition) is 2. The Bertz CT molecular complexity index is 1790. The normalized spacial score (nSPS) is 21.6. The Morgan fingerprint density at radius 1 is 1.02 bits per heavy atom. The minimum atomic E-state index is -2.64. The molecule has 0 radical (unpaired) electrons. The average Bonchev–Trinajstić information content (AvgIpc) is 3.35. The number of carbonyl (C=O) groups is 1. The molecule has 1 aromatic heterocycles. The van der Waals surface area contributed by atoms with Crippen LogP contribution < -0.4 is 4.72 Å². The number of fused-ring (bicyclic) bond motifs is 3. The smallest absolute Gasteiger partial charge is 0.201 e. The van der Waals surface area contributed by atoms with Crippen molar-refractivity contribution < 1.29 is 13.2 Å². The third kappa shape index (κ3) is 4.51. The van der Waals surface area contributed by atoms with Gasteiger partial charge in [0.15, 0.2) is 5.78 Å². The van der Waals surface area contributed by atoms with Gasteiger partial charge in [-0.15, -0.1) is 0 Å². The van der Waals surface area contributed by atoms with Crippen LogP contribution in [0.2, 0.25) is 0 Å². The second-order valence-electron chi connectivity index (χ2n) is 10.9. The van der Waals surface area contributed by atoms with E-state index in [4.69, 9.17) is 5.10 Å². The lowest BCUT2D eigenvalue weighted by molar-refractivity contribution is -0.121. The number of nitrogens with zero attached hydrogens (tertiary/aromatic N) is 3. The molecule has 8 heteroatoms. The Morgan fingerprint density at radius 2 is 1.76 bits per heavy atom. The maximum Gasteiger partial charge on any atom is 0.201 e. The van der Waals surface area contributed by atoms with Gasteiger partial charge in [-0.25, -0.2) is 13.1 Å². The molecule has 7 nitrogen and oxygen atoms in total. The molecule has 6 rings (SSSR count). The summed E-state index contributed by atoms with van der Waals surface area (Å²) in [5.74, 6) is -0.368. The van der Waals surface area contributed by atoms with E-state index in [0.717, 1.165) is 57.6 Å². The summed E-state index contributed by atoms with van der Waals surface area (Å²) < 4.78 is 26.1. The average molecular weight is 563 g/mol. The van der Waals surface area contributed by atoms with Gasteiger partial charge in [-0.1, -0.05) is 79.7 Å². The number of ketones is 1. The van der Waals surface area contributed by atoms with Crippen LogP contribution in [0.1, 0.15) is 35.7 Å². The molecule has 0 unspecified atom stereocenters. The summed E-state index contributed by atoms with van der Waals surface area (Å²) >= 11 is 0. The van der Waals surface area contributed by atoms with Gasteiger partial charge in [0.25, 0.3) is 0 Å². The summed E-state index contributed by atoms with van der Waals surface area (Å²) in [4.78, 5) is 13.1. The SMILES string of the molecule is C[C@@H]1C(=O)C(C#N)=C[C@]2(c3ccccc3)c3nn(C)c(-c4cccc(-c5ccc(CN[SH](=O)=O)cc5)c4)c3CC[C@@H]12. The van der Waals surface area contributed by atoms with Crippen LogP contribution in [0.3, 0.4) is 0 Å². The molecule has 0 aliphatic heterocycles. The second-order valence-corrected chi connectivity index (χ2v) is 11.7. The highest BCUT2D eigenvalue weighted by atomic mass is 32.2. The first-order valence-corrected chi connectivity index (χ1v) is 14.9. The van der Waals surface area contributed by atoms with Gasteiger partial charge in [0, 0.05) is 30.6 Å². The molecule has 206 valence electrons. The van der Waals surface area contributed by atoms with Gasteiger partial charge in [-0.05, 0) is 53.2 Å². The van der Waals surface area contributed by atoms with E-state index < -0.39 is 16.3 Å². The van der Waals surface area contributed by atoms with E-state index in [0.29, 0.717) is 0 Å². The Balaban J connectivity index is 1.47. The van der Waals surface area contributed by atoms with E-state index in [1.54, 1.807) is 0 Å². The van der Waals surface area contributed by atoms with Crippen molar-refractivity contribution in [3.05, 3.63) is 113 Å². The number of aromatic nitrogens is 2. The van der Waals surface area contributed by atoms with E-state index >= 15 is 0 Å². The summed E-state index contributed by atoms with van der Waals surface area (Å²) in [6.07, 6.45) is 3.49. The van der Waals surface area contributed by atoms with Crippen molar-refractivity contribution in [1.29, 1.82) is 5.26 Å². The molecular formula is C33H30N4O3S. The number of aryl methyl sites for hydroxylation is 1. The number of Topliss-reactive ketones (excluding diaryl/α,β-unsaturated/α-hetero) is 1. The third-order valence-electron chi connectivity index (χ3n) is 8.69. The van der Waals surface area contributed by atoms with Crippen molar-refractivity contribution in [2.75, 3.05) is 0 Å². The maximum atomic E-state index is 13.1. The molecule has 0 amide bonds. The second kappa shape index (κ2) is 10.6. The molecule has 0 saturated heterocycles. The molecule has 3 aromatic carbocycles. The summed E-state index contributed by atoms with van der Waals surface area (Å²) in [5.41, 5.74) is 7.69. The highest BCUT2D eigenvalue weighted by molar-refractivity contribution is 7.70. The van der Waals surface area contributed by atoms with Gasteiger partial charge in [-0.2, -0.15) is 10.4 Å². The minimum absolute atomic E-state index is 0.00356. The van der Waals surface area contributed by atoms with Gasteiger partial charge in [-0.3, -0.25) is 9.48 Å². The molecule has 3 atom stereocenters. The van der Waals surface area contributed by atoms with Crippen LogP contribution in [0.15, 0.2) is 90.5 Å². The summed E-state index contributed by atoms with van der Waals surface area (Å²) in [7, 11) is -0.674. The lowest BCUT2D eigenvalue weighted by atomic mass is 9.54. The zero-order valence-electron chi connectivity index (χ0n) is 22.9. The molecule has 2 aliphatic rings. The number of benzene rings is 3. The summed E-state index contributed by atoms with van der Waals surface area (Å²) in [6, 6.07) is 28.5. The fraction of sp³-hybridized carbons (Fsp3) is 0.242. The Hall–Kier alpha value is -4.32. The molecule has 0 spiro atoms. The van der Waals surface area contributed by atoms with Crippen LogP contribution in [0.4, 0.5) is 0 Å². The highest BCUT2D eigenvalue weighted by Gasteiger charge is 2.54. The largest absolute Gasteiger partial charge is 0.293 e. The first-order chi connectivity index (χ1) is 19.8. The van der Waals surface area contributed by atoms with Gasteiger partial charge >= 0.3 is 0 Å². The highest BCUT2D eigenvalue weighted by Crippen LogP contribution is 2.54. The molecule has 0 saturated carbocycles. The lowest BCUT2D eigenvalue weighted by Gasteiger charge is -2.47. The van der Waals surface area contributed by atoms with Crippen LogP contribution >= 0.6 is 0 Å². The predicted octanol–water partition coefficient (Wildman–Crippen LogP) is 4.89. The quantitative estimate of drug-likeness (QED) is 0.326. The molecule has 41 heavy (non-hydrogen) atoms. The van der Waals surface area contributed by atoms with Gasteiger partial charge in [0.2, 0.25) is 10.9 Å². The van der Waals surface area contributed by atoms with Crippen molar-refractivity contribution >= 4 is 16.7 Å². The molecule has 1 heterocycles. The van der Waals surface area contributed by atoms with Crippen molar-refractivity contribution in [2.24, 2.45) is 18.9 Å². The van der Waals surface area contributed by atoms with E-state index in [1.807, 2.05) is 73.3 Å². The number of nitrogens with one attached hydrogen (secondary N) is 1. The molecule has 1 N–H and O–H groups in total. The minimum Gasteiger partial charge on any atom is -0.293 e. The van der Waals surface area contributed by atoms with Crippen LogP contribution in [0.25, 0.3) is 22.4 Å². The number of allylic oxidation sites excluding steroid dienone is 2. The lowest BCUT2D eigenvalue weighted by Crippen LogP contribution is -2.48. The van der Waals surface area contributed by atoms with Crippen molar-refractivity contribution in [2.45, 2.75) is 31.7 Å². The standard InChI is InChI=1S/C33H30N4O3S/c1-21-29-16-15-28-30(25-8-6-7-24(17-25)23-13-11-22(12-14-23)20-35-41(39)40)37(2)36-32(28)33(29,18-26(19-34)31(21)38)27-9-4-3-5-10-27/h3-14,17-18,21,29,41H,15-16,20H2,1-2H3,(H,35,39,40)/t21-,29-,33+/m0/s1. The molecule has 0 fully saturated rings.